The lowest BCUT2D eigenvalue weighted by Gasteiger charge is -2.20. The Hall–Kier alpha value is -2.34. The molecule has 0 aliphatic heterocycles. The van der Waals surface area contributed by atoms with Gasteiger partial charge in [0, 0.05) is 19.2 Å². The van der Waals surface area contributed by atoms with Crippen LogP contribution in [0.3, 0.4) is 0 Å². The van der Waals surface area contributed by atoms with Crippen molar-refractivity contribution in [1.29, 1.82) is 0 Å². The van der Waals surface area contributed by atoms with Crippen LogP contribution in [0.1, 0.15) is 22.8 Å². The fourth-order valence-corrected chi connectivity index (χ4v) is 3.41. The highest BCUT2D eigenvalue weighted by molar-refractivity contribution is 7.92. The number of carbonyl (C=O) groups excluding carboxylic acids is 1. The molecule has 0 aromatic heterocycles. The second-order valence-corrected chi connectivity index (χ2v) is 7.17. The predicted molar refractivity (Wildman–Crippen MR) is 91.2 cm³/mol. The molecule has 122 valence electrons. The second kappa shape index (κ2) is 6.83. The topological polar surface area (TPSA) is 66.5 Å². The molecular weight excluding hydrogens is 312 g/mol. The summed E-state index contributed by atoms with van der Waals surface area (Å²) in [7, 11) is -2.22. The third kappa shape index (κ3) is 3.71. The maximum atomic E-state index is 12.8. The summed E-state index contributed by atoms with van der Waals surface area (Å²) in [5.41, 5.74) is 1.87. The fourth-order valence-electron chi connectivity index (χ4n) is 2.18. The summed E-state index contributed by atoms with van der Waals surface area (Å²) in [6.45, 7) is 4.20. The maximum Gasteiger partial charge on any atom is 0.264 e. The summed E-state index contributed by atoms with van der Waals surface area (Å²) in [6, 6.07) is 13.3. The summed E-state index contributed by atoms with van der Waals surface area (Å²) in [4.78, 5) is 12.0. The van der Waals surface area contributed by atoms with Crippen LogP contribution in [0, 0.1) is 6.92 Å². The van der Waals surface area contributed by atoms with Crippen molar-refractivity contribution in [1.82, 2.24) is 5.32 Å². The van der Waals surface area contributed by atoms with E-state index in [0.29, 0.717) is 17.8 Å². The molecule has 0 saturated heterocycles. The van der Waals surface area contributed by atoms with Gasteiger partial charge >= 0.3 is 0 Å². The molecule has 1 amide bonds. The number of anilines is 1. The molecule has 0 bridgehead atoms. The summed E-state index contributed by atoms with van der Waals surface area (Å²) < 4.78 is 26.8. The minimum atomic E-state index is -3.73. The van der Waals surface area contributed by atoms with Gasteiger partial charge in [0.15, 0.2) is 0 Å². The van der Waals surface area contributed by atoms with Crippen molar-refractivity contribution in [2.45, 2.75) is 18.7 Å². The summed E-state index contributed by atoms with van der Waals surface area (Å²) in [5.74, 6) is -0.289. The van der Waals surface area contributed by atoms with E-state index in [0.717, 1.165) is 5.56 Å². The highest BCUT2D eigenvalue weighted by atomic mass is 32.2. The number of hydrogen-bond acceptors (Lipinski definition) is 3. The molecule has 0 atom stereocenters. The van der Waals surface area contributed by atoms with E-state index < -0.39 is 10.0 Å². The molecule has 1 N–H and O–H groups in total. The first-order valence-corrected chi connectivity index (χ1v) is 8.74. The van der Waals surface area contributed by atoms with Crippen molar-refractivity contribution >= 4 is 21.6 Å². The lowest BCUT2D eigenvalue weighted by molar-refractivity contribution is 0.0955. The number of amides is 1. The summed E-state index contributed by atoms with van der Waals surface area (Å²) in [6.07, 6.45) is 0. The van der Waals surface area contributed by atoms with Crippen LogP contribution in [0.2, 0.25) is 0 Å². The number of carbonyl (C=O) groups is 1. The van der Waals surface area contributed by atoms with Crippen molar-refractivity contribution < 1.29 is 13.2 Å². The Morgan fingerprint density at radius 3 is 2.48 bits per heavy atom. The molecular formula is C17H20N2O3S. The molecule has 0 fully saturated rings. The van der Waals surface area contributed by atoms with Crippen LogP contribution >= 0.6 is 0 Å². The Morgan fingerprint density at radius 2 is 1.83 bits per heavy atom. The zero-order chi connectivity index (χ0) is 17.0. The quantitative estimate of drug-likeness (QED) is 0.915. The van der Waals surface area contributed by atoms with Gasteiger partial charge < -0.3 is 5.32 Å². The Labute approximate surface area is 137 Å². The van der Waals surface area contributed by atoms with E-state index in [-0.39, 0.29) is 10.8 Å². The molecule has 0 aliphatic rings. The average molecular weight is 332 g/mol. The van der Waals surface area contributed by atoms with Crippen LogP contribution < -0.4 is 9.62 Å². The molecule has 5 nitrogen and oxygen atoms in total. The second-order valence-electron chi connectivity index (χ2n) is 5.20. The number of nitrogens with zero attached hydrogens (tertiary/aromatic N) is 1. The van der Waals surface area contributed by atoms with E-state index in [2.05, 4.69) is 5.32 Å². The van der Waals surface area contributed by atoms with Crippen LogP contribution in [0.4, 0.5) is 5.69 Å². The number of nitrogens with one attached hydrogen (secondary N) is 1. The van der Waals surface area contributed by atoms with Gasteiger partial charge in [-0.05, 0) is 49.7 Å². The average Bonchev–Trinajstić information content (AvgIpc) is 2.54. The first-order valence-electron chi connectivity index (χ1n) is 7.30. The van der Waals surface area contributed by atoms with E-state index in [1.54, 1.807) is 24.3 Å². The van der Waals surface area contributed by atoms with Gasteiger partial charge in [-0.15, -0.1) is 0 Å². The monoisotopic (exact) mass is 332 g/mol. The van der Waals surface area contributed by atoms with Crippen LogP contribution in [0.5, 0.6) is 0 Å². The largest absolute Gasteiger partial charge is 0.352 e. The van der Waals surface area contributed by atoms with Crippen molar-refractivity contribution in [2.75, 3.05) is 17.9 Å². The lowest BCUT2D eigenvalue weighted by atomic mass is 10.2. The molecule has 0 radical (unpaired) electrons. The Bertz CT molecular complexity index is 816. The van der Waals surface area contributed by atoms with Gasteiger partial charge in [-0.25, -0.2) is 8.42 Å². The SMILES string of the molecule is CCNC(=O)c1cccc(S(=O)(=O)N(C)c2cccc(C)c2)c1. The van der Waals surface area contributed by atoms with Crippen molar-refractivity contribution in [3.8, 4) is 0 Å². The summed E-state index contributed by atoms with van der Waals surface area (Å²) in [5, 5.41) is 2.66. The van der Waals surface area contributed by atoms with Crippen LogP contribution in [0.15, 0.2) is 53.4 Å². The molecule has 0 unspecified atom stereocenters. The fraction of sp³-hybridized carbons (Fsp3) is 0.235. The molecule has 2 aromatic carbocycles. The van der Waals surface area contributed by atoms with E-state index >= 15 is 0 Å². The minimum absolute atomic E-state index is 0.0882. The molecule has 6 heteroatoms. The van der Waals surface area contributed by atoms with Gasteiger partial charge in [0.1, 0.15) is 0 Å². The Morgan fingerprint density at radius 1 is 1.13 bits per heavy atom. The number of aryl methyl sites for hydroxylation is 1. The number of hydrogen-bond donors (Lipinski definition) is 1. The van der Waals surface area contributed by atoms with Gasteiger partial charge in [-0.1, -0.05) is 18.2 Å². The molecule has 0 aliphatic carbocycles. The van der Waals surface area contributed by atoms with Crippen LogP contribution in [-0.4, -0.2) is 27.9 Å². The highest BCUT2D eigenvalue weighted by Gasteiger charge is 2.22. The minimum Gasteiger partial charge on any atom is -0.352 e. The number of rotatable bonds is 5. The molecule has 2 aromatic rings. The van der Waals surface area contributed by atoms with E-state index in [4.69, 9.17) is 0 Å². The third-order valence-corrected chi connectivity index (χ3v) is 5.24. The summed E-state index contributed by atoms with van der Waals surface area (Å²) >= 11 is 0. The van der Waals surface area contributed by atoms with Gasteiger partial charge in [0.25, 0.3) is 15.9 Å². The van der Waals surface area contributed by atoms with Gasteiger partial charge in [-0.2, -0.15) is 0 Å². The molecule has 0 saturated carbocycles. The van der Waals surface area contributed by atoms with Crippen molar-refractivity contribution in [3.05, 3.63) is 59.7 Å². The van der Waals surface area contributed by atoms with Crippen LogP contribution in [-0.2, 0) is 10.0 Å². The van der Waals surface area contributed by atoms with Crippen molar-refractivity contribution in [2.24, 2.45) is 0 Å². The van der Waals surface area contributed by atoms with Gasteiger partial charge in [-0.3, -0.25) is 9.10 Å². The molecule has 0 spiro atoms. The third-order valence-electron chi connectivity index (χ3n) is 3.46. The Balaban J connectivity index is 2.39. The zero-order valence-electron chi connectivity index (χ0n) is 13.4. The van der Waals surface area contributed by atoms with Gasteiger partial charge in [0.05, 0.1) is 10.6 Å². The smallest absolute Gasteiger partial charge is 0.264 e. The maximum absolute atomic E-state index is 12.8. The predicted octanol–water partition coefficient (Wildman–Crippen LogP) is 2.57. The molecule has 23 heavy (non-hydrogen) atoms. The zero-order valence-corrected chi connectivity index (χ0v) is 14.2. The lowest BCUT2D eigenvalue weighted by Crippen LogP contribution is -2.27. The first-order chi connectivity index (χ1) is 10.9. The standard InChI is InChI=1S/C17H20N2O3S/c1-4-18-17(20)14-8-6-10-16(12-14)23(21,22)19(3)15-9-5-7-13(2)11-15/h5-12H,4H2,1-3H3,(H,18,20). The van der Waals surface area contributed by atoms with E-state index in [1.807, 2.05) is 26.0 Å². The van der Waals surface area contributed by atoms with Gasteiger partial charge in [0.2, 0.25) is 0 Å². The normalized spacial score (nSPS) is 11.1. The van der Waals surface area contributed by atoms with E-state index in [1.165, 1.54) is 23.5 Å². The van der Waals surface area contributed by atoms with E-state index in [9.17, 15) is 13.2 Å². The number of benzene rings is 2. The first kappa shape index (κ1) is 17.0. The highest BCUT2D eigenvalue weighted by Crippen LogP contribution is 2.23. The van der Waals surface area contributed by atoms with Crippen LogP contribution in [0.25, 0.3) is 0 Å². The molecule has 0 heterocycles. The number of sulfonamides is 1. The molecule has 2 rings (SSSR count). The Kier molecular flexibility index (Phi) is 5.05. The van der Waals surface area contributed by atoms with Crippen molar-refractivity contribution in [3.63, 3.8) is 0 Å².